The molecule has 44 heavy (non-hydrogen) atoms. The van der Waals surface area contributed by atoms with Gasteiger partial charge >= 0.3 is 6.09 Å². The van der Waals surface area contributed by atoms with Crippen molar-refractivity contribution in [3.05, 3.63) is 35.4 Å². The Kier molecular flexibility index (Phi) is 42.6. The van der Waals surface area contributed by atoms with Gasteiger partial charge in [-0.15, -0.1) is 5.06 Å². The van der Waals surface area contributed by atoms with Gasteiger partial charge in [0.25, 0.3) is 11.8 Å². The van der Waals surface area contributed by atoms with Crippen molar-refractivity contribution in [3.8, 4) is 0 Å². The molecule has 0 saturated carbocycles. The van der Waals surface area contributed by atoms with Crippen LogP contribution in [0.25, 0.3) is 0 Å². The number of benzene rings is 1. The highest BCUT2D eigenvalue weighted by atomic mass is 127. The number of rotatable bonds is 11. The van der Waals surface area contributed by atoms with Gasteiger partial charge in [-0.2, -0.15) is 5.48 Å². The molecule has 13 heteroatoms. The van der Waals surface area contributed by atoms with Crippen LogP contribution in [0.1, 0.15) is 122 Å². The molecule has 1 aliphatic rings. The number of hydrogen-bond acceptors (Lipinski definition) is 8. The molecule has 2 rings (SSSR count). The van der Waals surface area contributed by atoms with Gasteiger partial charge in [0.1, 0.15) is 5.60 Å². The van der Waals surface area contributed by atoms with Crippen LogP contribution in [0.5, 0.6) is 0 Å². The summed E-state index contributed by atoms with van der Waals surface area (Å²) in [7, 11) is 0. The number of hydroxylamine groups is 3. The predicted molar refractivity (Wildman–Crippen MR) is 205 cm³/mol. The summed E-state index contributed by atoms with van der Waals surface area (Å²) in [6.07, 6.45) is 5.22. The number of nitrogens with zero attached hydrogens (tertiary/aromatic N) is 1. The second-order valence-corrected chi connectivity index (χ2v) is 14.0. The lowest BCUT2D eigenvalue weighted by Crippen LogP contribution is -2.32. The molecule has 1 heterocycles. The van der Waals surface area contributed by atoms with E-state index in [1.165, 1.54) is 13.3 Å². The Morgan fingerprint density at radius 3 is 1.50 bits per heavy atom. The van der Waals surface area contributed by atoms with Crippen molar-refractivity contribution in [3.63, 3.8) is 0 Å². The molecule has 260 valence electrons. The molecule has 1 aromatic rings. The van der Waals surface area contributed by atoms with E-state index >= 15 is 0 Å². The summed E-state index contributed by atoms with van der Waals surface area (Å²) in [5, 5.41) is 8.56. The van der Waals surface area contributed by atoms with Crippen LogP contribution in [-0.2, 0) is 19.3 Å². The monoisotopic (exact) mass is 966 g/mol. The summed E-state index contributed by atoms with van der Waals surface area (Å²) in [6, 6.07) is 6.75. The molecular weight excluding hydrogens is 909 g/mol. The number of halogens is 3. The van der Waals surface area contributed by atoms with Gasteiger partial charge in [-0.25, -0.2) is 9.68 Å². The molecule has 0 fully saturated rings. The third-order valence-electron chi connectivity index (χ3n) is 4.22. The molecule has 0 radical (unpaired) electrons. The standard InChI is InChI=1S/C12H13NO3.C9H19NO3.C4H10O2.3C2H5I/c1-2-3-8-16-13-11(14)9-6-4-5-7-10(9)12(13)15;1-5-6-7-12-10-8(11)13-9(2,3)4;1-2-3-4-6-5;3*1-2-3/h4-7H,2-3,8H2,1H3;5-7H2,1-4H3,(H,10,11);5H,2-4H2,1H3;3*2H2,1H3. The van der Waals surface area contributed by atoms with Crippen LogP contribution < -0.4 is 5.48 Å². The molecule has 10 nitrogen and oxygen atoms in total. The van der Waals surface area contributed by atoms with Crippen LogP contribution >= 0.6 is 67.8 Å². The fourth-order valence-electron chi connectivity index (χ4n) is 2.42. The van der Waals surface area contributed by atoms with Gasteiger partial charge in [-0.3, -0.25) is 24.5 Å². The smallest absolute Gasteiger partial charge is 0.431 e. The predicted octanol–water partition coefficient (Wildman–Crippen LogP) is 9.86. The molecule has 0 bridgehead atoms. The van der Waals surface area contributed by atoms with E-state index in [9.17, 15) is 14.4 Å². The molecule has 1 aromatic carbocycles. The summed E-state index contributed by atoms with van der Waals surface area (Å²) in [6.45, 7) is 19.2. The van der Waals surface area contributed by atoms with Crippen molar-refractivity contribution in [2.24, 2.45) is 0 Å². The molecular formula is C31H57I3N2O8. The average molecular weight is 967 g/mol. The Morgan fingerprint density at radius 2 is 1.16 bits per heavy atom. The third kappa shape index (κ3) is 33.0. The fourth-order valence-corrected chi connectivity index (χ4v) is 2.42. The minimum Gasteiger partial charge on any atom is -0.442 e. The van der Waals surface area contributed by atoms with E-state index in [1.54, 1.807) is 45.0 Å². The summed E-state index contributed by atoms with van der Waals surface area (Å²) in [5.74, 6) is -0.728. The Labute approximate surface area is 307 Å². The highest BCUT2D eigenvalue weighted by molar-refractivity contribution is 14.1. The van der Waals surface area contributed by atoms with E-state index in [-0.39, 0.29) is 11.8 Å². The van der Waals surface area contributed by atoms with Crippen molar-refractivity contribution in [1.82, 2.24) is 10.5 Å². The van der Waals surface area contributed by atoms with E-state index in [0.29, 0.717) is 30.9 Å². The first kappa shape index (κ1) is 50.5. The van der Waals surface area contributed by atoms with E-state index in [4.69, 9.17) is 19.7 Å². The Hall–Kier alpha value is -0.340. The molecule has 0 unspecified atom stereocenters. The molecule has 0 spiro atoms. The average Bonchev–Trinajstić information content (AvgIpc) is 3.20. The van der Waals surface area contributed by atoms with Crippen LogP contribution in [0.4, 0.5) is 4.79 Å². The molecule has 3 amide bonds. The van der Waals surface area contributed by atoms with Gasteiger partial charge < -0.3 is 4.74 Å². The maximum absolute atomic E-state index is 11.8. The first-order valence-electron chi connectivity index (χ1n) is 15.0. The summed E-state index contributed by atoms with van der Waals surface area (Å²) < 4.78 is 8.60. The zero-order valence-corrected chi connectivity index (χ0v) is 34.7. The number of alkyl halides is 3. The number of fused-ring (bicyclic) bond motifs is 1. The number of imide groups is 1. The maximum Gasteiger partial charge on any atom is 0.431 e. The zero-order valence-electron chi connectivity index (χ0n) is 28.2. The first-order chi connectivity index (χ1) is 20.9. The number of unbranched alkanes of at least 4 members (excludes halogenated alkanes) is 3. The fraction of sp³-hybridized carbons (Fsp3) is 0.710. The molecule has 1 aliphatic heterocycles. The van der Waals surface area contributed by atoms with Crippen LogP contribution in [0, 0.1) is 0 Å². The number of amides is 3. The van der Waals surface area contributed by atoms with Gasteiger partial charge in [0.15, 0.2) is 0 Å². The van der Waals surface area contributed by atoms with E-state index < -0.39 is 11.7 Å². The number of hydrogen-bond donors (Lipinski definition) is 2. The van der Waals surface area contributed by atoms with Crippen molar-refractivity contribution in [1.29, 1.82) is 0 Å². The second kappa shape index (κ2) is 37.1. The molecule has 2 N–H and O–H groups in total. The van der Waals surface area contributed by atoms with Gasteiger partial charge in [0, 0.05) is 0 Å². The molecule has 0 atom stereocenters. The molecule has 0 aliphatic carbocycles. The second-order valence-electron chi connectivity index (χ2n) is 9.43. The number of nitrogens with one attached hydrogen (secondary N) is 1. The highest BCUT2D eigenvalue weighted by Gasteiger charge is 2.36. The molecule has 0 aromatic heterocycles. The van der Waals surface area contributed by atoms with Crippen LogP contribution in [-0.4, -0.2) is 66.9 Å². The number of carbonyl (C=O) groups excluding carboxylic acids is 3. The van der Waals surface area contributed by atoms with Crippen molar-refractivity contribution in [2.75, 3.05) is 33.1 Å². The van der Waals surface area contributed by atoms with E-state index in [0.717, 1.165) is 43.6 Å². The summed E-state index contributed by atoms with van der Waals surface area (Å²) >= 11 is 6.86. The van der Waals surface area contributed by atoms with Gasteiger partial charge in [0.2, 0.25) is 0 Å². The SMILES string of the molecule is CCCCON1C(=O)c2ccccc2C1=O.CCCCONC(=O)OC(C)(C)C.CCCCOO.CCI.CCI.CCI. The quantitative estimate of drug-likeness (QED) is 0.0562. The van der Waals surface area contributed by atoms with E-state index in [1.807, 2.05) is 13.8 Å². The largest absolute Gasteiger partial charge is 0.442 e. The number of carbonyl (C=O) groups is 3. The normalized spacial score (nSPS) is 11.0. The highest BCUT2D eigenvalue weighted by Crippen LogP contribution is 2.22. The lowest BCUT2D eigenvalue weighted by atomic mass is 10.1. The minimum absolute atomic E-state index is 0.364. The van der Waals surface area contributed by atoms with Crippen LogP contribution in [0.2, 0.25) is 0 Å². The number of ether oxygens (including phenoxy) is 1. The van der Waals surface area contributed by atoms with Crippen molar-refractivity contribution < 1.29 is 38.9 Å². The maximum atomic E-state index is 11.8. The van der Waals surface area contributed by atoms with Gasteiger partial charge in [-0.1, -0.05) is 141 Å². The molecule has 0 saturated heterocycles. The Balaban J connectivity index is -0.000000254. The van der Waals surface area contributed by atoms with E-state index in [2.05, 4.69) is 106 Å². The van der Waals surface area contributed by atoms with Crippen molar-refractivity contribution in [2.45, 2.75) is 106 Å². The minimum atomic E-state index is -0.538. The summed E-state index contributed by atoms with van der Waals surface area (Å²) in [4.78, 5) is 48.4. The topological polar surface area (TPSA) is 124 Å². The lowest BCUT2D eigenvalue weighted by Gasteiger charge is -2.19. The first-order valence-corrected chi connectivity index (χ1v) is 19.6. The van der Waals surface area contributed by atoms with Crippen LogP contribution in [0.3, 0.4) is 0 Å². The van der Waals surface area contributed by atoms with Crippen molar-refractivity contribution >= 4 is 85.7 Å². The van der Waals surface area contributed by atoms with Gasteiger partial charge in [0.05, 0.1) is 30.9 Å². The Morgan fingerprint density at radius 1 is 0.773 bits per heavy atom. The summed E-state index contributed by atoms with van der Waals surface area (Å²) in [5.41, 5.74) is 2.58. The lowest BCUT2D eigenvalue weighted by molar-refractivity contribution is -0.242. The Bertz CT molecular complexity index is 769. The third-order valence-corrected chi connectivity index (χ3v) is 4.22. The zero-order chi connectivity index (χ0) is 34.8. The van der Waals surface area contributed by atoms with Gasteiger partial charge in [-0.05, 0) is 65.4 Å². The van der Waals surface area contributed by atoms with Crippen LogP contribution in [0.15, 0.2) is 24.3 Å².